The molecule has 0 fully saturated rings. The van der Waals surface area contributed by atoms with Gasteiger partial charge in [-0.2, -0.15) is 13.2 Å². The van der Waals surface area contributed by atoms with Gasteiger partial charge in [0.1, 0.15) is 0 Å². The van der Waals surface area contributed by atoms with Crippen molar-refractivity contribution in [3.63, 3.8) is 0 Å². The summed E-state index contributed by atoms with van der Waals surface area (Å²) in [6.07, 6.45) is -0.687. The van der Waals surface area contributed by atoms with Crippen molar-refractivity contribution in [3.8, 4) is 0 Å². The summed E-state index contributed by atoms with van der Waals surface area (Å²) in [5.74, 6) is -0.314. The van der Waals surface area contributed by atoms with Crippen molar-refractivity contribution in [1.29, 1.82) is 0 Å². The smallest absolute Gasteiger partial charge is 0.340 e. The second-order valence-electron chi connectivity index (χ2n) is 6.30. The van der Waals surface area contributed by atoms with Gasteiger partial charge in [-0.3, -0.25) is 9.78 Å². The third-order valence-corrected chi connectivity index (χ3v) is 4.13. The van der Waals surface area contributed by atoms with Crippen molar-refractivity contribution >= 4 is 5.91 Å². The number of carbonyl (C=O) groups is 1. The lowest BCUT2D eigenvalue weighted by atomic mass is 10.1. The minimum absolute atomic E-state index is 0.0852. The summed E-state index contributed by atoms with van der Waals surface area (Å²) in [6.45, 7) is 0.540. The SMILES string of the molecule is CN(CCc1ccccn1)C(=O)c1cn(Cc2cccc(C(F)(F)F)c2)nn1. The van der Waals surface area contributed by atoms with Gasteiger partial charge < -0.3 is 4.90 Å². The van der Waals surface area contributed by atoms with Crippen molar-refractivity contribution in [2.75, 3.05) is 13.6 Å². The molecule has 0 atom stereocenters. The van der Waals surface area contributed by atoms with Crippen LogP contribution < -0.4 is 0 Å². The van der Waals surface area contributed by atoms with Gasteiger partial charge in [0, 0.05) is 31.9 Å². The monoisotopic (exact) mass is 389 g/mol. The lowest BCUT2D eigenvalue weighted by Gasteiger charge is -2.15. The van der Waals surface area contributed by atoms with Gasteiger partial charge >= 0.3 is 6.18 Å². The van der Waals surface area contributed by atoms with E-state index in [1.165, 1.54) is 21.8 Å². The molecule has 0 aliphatic rings. The molecule has 1 aromatic carbocycles. The highest BCUT2D eigenvalue weighted by molar-refractivity contribution is 5.91. The van der Waals surface area contributed by atoms with Gasteiger partial charge in [0.15, 0.2) is 5.69 Å². The van der Waals surface area contributed by atoms with Gasteiger partial charge in [-0.15, -0.1) is 5.10 Å². The Hall–Kier alpha value is -3.23. The maximum atomic E-state index is 12.8. The van der Waals surface area contributed by atoms with E-state index < -0.39 is 11.7 Å². The Morgan fingerprint density at radius 3 is 2.71 bits per heavy atom. The molecule has 3 rings (SSSR count). The molecule has 0 saturated carbocycles. The molecule has 146 valence electrons. The molecule has 0 aliphatic heterocycles. The molecule has 0 bridgehead atoms. The van der Waals surface area contributed by atoms with E-state index in [2.05, 4.69) is 15.3 Å². The van der Waals surface area contributed by atoms with E-state index >= 15 is 0 Å². The first-order valence-electron chi connectivity index (χ1n) is 8.54. The minimum Gasteiger partial charge on any atom is -0.340 e. The van der Waals surface area contributed by atoms with Gasteiger partial charge in [-0.05, 0) is 29.8 Å². The molecular formula is C19H18F3N5O. The summed E-state index contributed by atoms with van der Waals surface area (Å²) in [7, 11) is 1.65. The molecule has 0 radical (unpaired) electrons. The summed E-state index contributed by atoms with van der Waals surface area (Å²) < 4.78 is 39.8. The second-order valence-corrected chi connectivity index (χ2v) is 6.30. The van der Waals surface area contributed by atoms with Gasteiger partial charge in [0.05, 0.1) is 18.3 Å². The fourth-order valence-electron chi connectivity index (χ4n) is 2.63. The molecule has 6 nitrogen and oxygen atoms in total. The molecule has 0 saturated heterocycles. The zero-order chi connectivity index (χ0) is 20.1. The van der Waals surface area contributed by atoms with E-state index in [1.54, 1.807) is 19.3 Å². The Morgan fingerprint density at radius 1 is 1.18 bits per heavy atom. The summed E-state index contributed by atoms with van der Waals surface area (Å²) in [4.78, 5) is 18.2. The van der Waals surface area contributed by atoms with Gasteiger partial charge in [-0.1, -0.05) is 23.4 Å². The van der Waals surface area contributed by atoms with Crippen molar-refractivity contribution in [3.05, 3.63) is 77.4 Å². The number of likely N-dealkylation sites (N-methyl/N-ethyl adjacent to an activating group) is 1. The van der Waals surface area contributed by atoms with Crippen molar-refractivity contribution in [1.82, 2.24) is 24.9 Å². The van der Waals surface area contributed by atoms with Crippen LogP contribution in [0.5, 0.6) is 0 Å². The zero-order valence-corrected chi connectivity index (χ0v) is 15.1. The molecule has 9 heteroatoms. The Labute approximate surface area is 159 Å². The number of hydrogen-bond donors (Lipinski definition) is 0. The highest BCUT2D eigenvalue weighted by Gasteiger charge is 2.30. The maximum Gasteiger partial charge on any atom is 0.416 e. The Morgan fingerprint density at radius 2 is 2.00 bits per heavy atom. The third kappa shape index (κ3) is 4.93. The lowest BCUT2D eigenvalue weighted by Crippen LogP contribution is -2.29. The van der Waals surface area contributed by atoms with Crippen LogP contribution in [0.1, 0.15) is 27.3 Å². The van der Waals surface area contributed by atoms with Crippen LogP contribution in [0.15, 0.2) is 54.9 Å². The predicted molar refractivity (Wildman–Crippen MR) is 95.5 cm³/mol. The molecule has 0 aliphatic carbocycles. The number of hydrogen-bond acceptors (Lipinski definition) is 4. The first kappa shape index (κ1) is 19.5. The van der Waals surface area contributed by atoms with Gasteiger partial charge in [0.25, 0.3) is 5.91 Å². The minimum atomic E-state index is -4.41. The highest BCUT2D eigenvalue weighted by atomic mass is 19.4. The number of halogens is 3. The molecule has 28 heavy (non-hydrogen) atoms. The zero-order valence-electron chi connectivity index (χ0n) is 15.1. The fourth-order valence-corrected chi connectivity index (χ4v) is 2.63. The number of pyridine rings is 1. The third-order valence-electron chi connectivity index (χ3n) is 4.13. The van der Waals surface area contributed by atoms with Crippen molar-refractivity contribution in [2.45, 2.75) is 19.1 Å². The Bertz CT molecular complexity index is 940. The lowest BCUT2D eigenvalue weighted by molar-refractivity contribution is -0.137. The predicted octanol–water partition coefficient (Wildman–Crippen LogP) is 3.05. The van der Waals surface area contributed by atoms with Crippen LogP contribution in [0.25, 0.3) is 0 Å². The van der Waals surface area contributed by atoms with Crippen LogP contribution in [-0.4, -0.2) is 44.4 Å². The van der Waals surface area contributed by atoms with E-state index in [1.807, 2.05) is 18.2 Å². The number of aromatic nitrogens is 4. The van der Waals surface area contributed by atoms with E-state index in [0.29, 0.717) is 18.5 Å². The molecular weight excluding hydrogens is 371 g/mol. The first-order valence-corrected chi connectivity index (χ1v) is 8.54. The molecule has 1 amide bonds. The first-order chi connectivity index (χ1) is 13.3. The Kier molecular flexibility index (Phi) is 5.72. The fraction of sp³-hybridized carbons (Fsp3) is 0.263. The van der Waals surface area contributed by atoms with Gasteiger partial charge in [-0.25, -0.2) is 4.68 Å². The summed E-state index contributed by atoms with van der Waals surface area (Å²) in [6, 6.07) is 10.6. The van der Waals surface area contributed by atoms with Crippen LogP contribution in [0.2, 0.25) is 0 Å². The molecule has 3 aromatic rings. The number of rotatable bonds is 6. The van der Waals surface area contributed by atoms with E-state index in [-0.39, 0.29) is 18.1 Å². The van der Waals surface area contributed by atoms with Crippen LogP contribution in [0, 0.1) is 0 Å². The maximum absolute atomic E-state index is 12.8. The Balaban J connectivity index is 1.62. The molecule has 0 spiro atoms. The molecule has 0 unspecified atom stereocenters. The highest BCUT2D eigenvalue weighted by Crippen LogP contribution is 2.29. The van der Waals surface area contributed by atoms with Crippen LogP contribution >= 0.6 is 0 Å². The number of amides is 1. The molecule has 0 N–H and O–H groups in total. The number of alkyl halides is 3. The summed E-state index contributed by atoms with van der Waals surface area (Å²) in [5, 5.41) is 7.69. The summed E-state index contributed by atoms with van der Waals surface area (Å²) >= 11 is 0. The normalized spacial score (nSPS) is 11.4. The van der Waals surface area contributed by atoms with Crippen molar-refractivity contribution < 1.29 is 18.0 Å². The quantitative estimate of drug-likeness (QED) is 0.650. The van der Waals surface area contributed by atoms with E-state index in [0.717, 1.165) is 17.8 Å². The van der Waals surface area contributed by atoms with Crippen LogP contribution in [0.4, 0.5) is 13.2 Å². The van der Waals surface area contributed by atoms with Gasteiger partial charge in [0.2, 0.25) is 0 Å². The largest absolute Gasteiger partial charge is 0.416 e. The topological polar surface area (TPSA) is 63.9 Å². The number of benzene rings is 1. The van der Waals surface area contributed by atoms with Crippen molar-refractivity contribution in [2.24, 2.45) is 0 Å². The second kappa shape index (κ2) is 8.20. The standard InChI is InChI=1S/C19H18F3N5O/c1-26(10-8-16-7-2-3-9-23-16)18(28)17-13-27(25-24-17)12-14-5-4-6-15(11-14)19(20,21)22/h2-7,9,11,13H,8,10,12H2,1H3. The summed E-state index contributed by atoms with van der Waals surface area (Å²) in [5.41, 5.74) is 0.698. The number of carbonyl (C=O) groups excluding carboxylic acids is 1. The van der Waals surface area contributed by atoms with E-state index in [4.69, 9.17) is 0 Å². The van der Waals surface area contributed by atoms with E-state index in [9.17, 15) is 18.0 Å². The van der Waals surface area contributed by atoms with Crippen LogP contribution in [-0.2, 0) is 19.1 Å². The number of nitrogens with zero attached hydrogens (tertiary/aromatic N) is 5. The molecule has 2 aromatic heterocycles. The average molecular weight is 389 g/mol. The molecule has 2 heterocycles. The van der Waals surface area contributed by atoms with Crippen LogP contribution in [0.3, 0.4) is 0 Å². The average Bonchev–Trinajstić information content (AvgIpc) is 3.14.